The zero-order chi connectivity index (χ0) is 32.8. The van der Waals surface area contributed by atoms with Crippen molar-refractivity contribution in [3.05, 3.63) is 176 Å². The summed E-state index contributed by atoms with van der Waals surface area (Å²) in [6, 6.07) is 63.7. The van der Waals surface area contributed by atoms with E-state index in [1.165, 1.54) is 81.9 Å². The molecule has 0 saturated carbocycles. The molecule has 0 unspecified atom stereocenters. The van der Waals surface area contributed by atoms with Gasteiger partial charge in [-0.2, -0.15) is 0 Å². The van der Waals surface area contributed by atoms with Gasteiger partial charge in [-0.25, -0.2) is 0 Å². The molecule has 1 aromatic heterocycles. The Kier molecular flexibility index (Phi) is 5.70. The lowest BCUT2D eigenvalue weighted by Gasteiger charge is -2.22. The van der Waals surface area contributed by atoms with Crippen LogP contribution in [0, 0.1) is 0 Å². The van der Waals surface area contributed by atoms with E-state index >= 15 is 0 Å². The zero-order valence-corrected chi connectivity index (χ0v) is 27.1. The summed E-state index contributed by atoms with van der Waals surface area (Å²) in [4.78, 5) is 0. The van der Waals surface area contributed by atoms with Gasteiger partial charge in [-0.1, -0.05) is 146 Å². The summed E-state index contributed by atoms with van der Waals surface area (Å²) >= 11 is 0. The number of ether oxygens (including phenoxy) is 1. The Hall–Kier alpha value is -6.64. The van der Waals surface area contributed by atoms with E-state index in [1.54, 1.807) is 0 Å². The first-order chi connectivity index (χ1) is 24.8. The lowest BCUT2D eigenvalue weighted by molar-refractivity contribution is 0.487. The second-order valence-corrected chi connectivity index (χ2v) is 13.3. The molecular formula is C48H29NO. The SMILES string of the molecule is c1ccc2c(c1)Oc1ccc(-c3ccc(-c4ccc(-n5c6ccc7ccccc7c6c6ccc7ccccc7c65)cc4)cc3)c3cccc-2c13. The van der Waals surface area contributed by atoms with Crippen LogP contribution in [0.4, 0.5) is 0 Å². The van der Waals surface area contributed by atoms with Crippen LogP contribution in [0.15, 0.2) is 176 Å². The van der Waals surface area contributed by atoms with E-state index in [0.29, 0.717) is 0 Å². The Balaban J connectivity index is 1.01. The molecule has 0 bridgehead atoms. The molecule has 10 aromatic rings. The van der Waals surface area contributed by atoms with Crippen molar-refractivity contribution in [2.24, 2.45) is 0 Å². The number of aromatic nitrogens is 1. The predicted octanol–water partition coefficient (Wildman–Crippen LogP) is 13.3. The molecule has 0 N–H and O–H groups in total. The van der Waals surface area contributed by atoms with Gasteiger partial charge in [0, 0.05) is 32.8 Å². The van der Waals surface area contributed by atoms with Crippen molar-refractivity contribution < 1.29 is 4.74 Å². The number of fused-ring (bicyclic) bond motifs is 9. The average Bonchev–Trinajstić information content (AvgIpc) is 3.54. The third-order valence-electron chi connectivity index (χ3n) is 10.6. The molecule has 0 atom stereocenters. The molecular weight excluding hydrogens is 607 g/mol. The summed E-state index contributed by atoms with van der Waals surface area (Å²) < 4.78 is 8.79. The normalized spacial score (nSPS) is 12.2. The highest BCUT2D eigenvalue weighted by atomic mass is 16.5. The molecule has 2 heteroatoms. The van der Waals surface area contributed by atoms with Crippen molar-refractivity contribution in [3.63, 3.8) is 0 Å². The first-order valence-corrected chi connectivity index (χ1v) is 17.2. The molecule has 0 aliphatic carbocycles. The van der Waals surface area contributed by atoms with Crippen molar-refractivity contribution in [1.29, 1.82) is 0 Å². The molecule has 2 nitrogen and oxygen atoms in total. The van der Waals surface area contributed by atoms with Gasteiger partial charge in [0.15, 0.2) is 0 Å². The fraction of sp³-hybridized carbons (Fsp3) is 0. The van der Waals surface area contributed by atoms with Crippen LogP contribution in [0.2, 0.25) is 0 Å². The highest BCUT2D eigenvalue weighted by Gasteiger charge is 2.21. The highest BCUT2D eigenvalue weighted by Crippen LogP contribution is 2.48. The number of benzene rings is 9. The van der Waals surface area contributed by atoms with Crippen LogP contribution in [-0.2, 0) is 0 Å². The van der Waals surface area contributed by atoms with E-state index in [0.717, 1.165) is 22.7 Å². The van der Waals surface area contributed by atoms with Crippen LogP contribution in [0.25, 0.3) is 93.2 Å². The zero-order valence-electron chi connectivity index (χ0n) is 27.1. The van der Waals surface area contributed by atoms with E-state index < -0.39 is 0 Å². The van der Waals surface area contributed by atoms with E-state index in [1.807, 2.05) is 12.1 Å². The van der Waals surface area contributed by atoms with Crippen molar-refractivity contribution >= 4 is 54.1 Å². The maximum absolute atomic E-state index is 6.34. The Morgan fingerprint density at radius 1 is 0.340 bits per heavy atom. The van der Waals surface area contributed by atoms with E-state index in [4.69, 9.17) is 4.74 Å². The highest BCUT2D eigenvalue weighted by molar-refractivity contribution is 6.26. The Morgan fingerprint density at radius 3 is 1.82 bits per heavy atom. The third kappa shape index (κ3) is 3.90. The van der Waals surface area contributed by atoms with Gasteiger partial charge in [-0.15, -0.1) is 0 Å². The van der Waals surface area contributed by atoms with E-state index in [9.17, 15) is 0 Å². The second-order valence-electron chi connectivity index (χ2n) is 13.3. The standard InChI is InChI=1S/C48H29NO/c1-3-10-37-32(8-1)23-28-43-46(37)42-26-22-33-9-2-4-11-38(33)48(42)49(43)35-24-20-31(21-25-35)30-16-18-34(19-17-30)36-27-29-45-47-40(36)13-7-14-41(47)39-12-5-6-15-44(39)50-45/h1-29H. The first kappa shape index (κ1) is 27.3. The first-order valence-electron chi connectivity index (χ1n) is 17.2. The average molecular weight is 636 g/mol. The lowest BCUT2D eigenvalue weighted by Crippen LogP contribution is -1.97. The fourth-order valence-electron chi connectivity index (χ4n) is 8.29. The minimum Gasteiger partial charge on any atom is -0.456 e. The monoisotopic (exact) mass is 635 g/mol. The Labute approximate surface area is 289 Å². The van der Waals surface area contributed by atoms with Gasteiger partial charge in [-0.05, 0) is 79.7 Å². The van der Waals surface area contributed by atoms with E-state index in [2.05, 4.69) is 168 Å². The van der Waals surface area contributed by atoms with Crippen LogP contribution in [-0.4, -0.2) is 4.57 Å². The van der Waals surface area contributed by atoms with Crippen LogP contribution in [0.1, 0.15) is 0 Å². The minimum absolute atomic E-state index is 0.913. The van der Waals surface area contributed by atoms with Gasteiger partial charge >= 0.3 is 0 Å². The molecule has 1 aliphatic rings. The van der Waals surface area contributed by atoms with Gasteiger partial charge in [0.25, 0.3) is 0 Å². The summed E-state index contributed by atoms with van der Waals surface area (Å²) in [6.07, 6.45) is 0. The van der Waals surface area contributed by atoms with Crippen molar-refractivity contribution in [2.75, 3.05) is 0 Å². The summed E-state index contributed by atoms with van der Waals surface area (Å²) in [7, 11) is 0. The van der Waals surface area contributed by atoms with Crippen molar-refractivity contribution in [2.45, 2.75) is 0 Å². The maximum Gasteiger partial charge on any atom is 0.135 e. The molecule has 2 heterocycles. The van der Waals surface area contributed by atoms with Gasteiger partial charge < -0.3 is 9.30 Å². The summed E-state index contributed by atoms with van der Waals surface area (Å²) in [6.45, 7) is 0. The summed E-state index contributed by atoms with van der Waals surface area (Å²) in [5.74, 6) is 1.83. The second kappa shape index (κ2) is 10.4. The van der Waals surface area contributed by atoms with Crippen LogP contribution in [0.3, 0.4) is 0 Å². The third-order valence-corrected chi connectivity index (χ3v) is 10.6. The molecule has 50 heavy (non-hydrogen) atoms. The number of hydrogen-bond donors (Lipinski definition) is 0. The quantitative estimate of drug-likeness (QED) is 0.188. The topological polar surface area (TPSA) is 14.2 Å². The van der Waals surface area contributed by atoms with Crippen LogP contribution in [0.5, 0.6) is 11.5 Å². The van der Waals surface area contributed by atoms with Crippen LogP contribution < -0.4 is 4.74 Å². The number of rotatable bonds is 3. The largest absolute Gasteiger partial charge is 0.456 e. The van der Waals surface area contributed by atoms with Gasteiger partial charge in [0.05, 0.1) is 11.0 Å². The molecule has 0 fully saturated rings. The molecule has 0 amide bonds. The van der Waals surface area contributed by atoms with Crippen molar-refractivity contribution in [1.82, 2.24) is 4.57 Å². The Bertz CT molecular complexity index is 2990. The number of nitrogens with zero attached hydrogens (tertiary/aromatic N) is 1. The lowest BCUT2D eigenvalue weighted by atomic mass is 9.90. The van der Waals surface area contributed by atoms with E-state index in [-0.39, 0.29) is 0 Å². The fourth-order valence-corrected chi connectivity index (χ4v) is 8.29. The van der Waals surface area contributed by atoms with Crippen molar-refractivity contribution in [3.8, 4) is 50.6 Å². The van der Waals surface area contributed by atoms with Gasteiger partial charge in [-0.3, -0.25) is 0 Å². The molecule has 0 saturated heterocycles. The Morgan fingerprint density at radius 2 is 0.980 bits per heavy atom. The smallest absolute Gasteiger partial charge is 0.135 e. The van der Waals surface area contributed by atoms with Crippen LogP contribution >= 0.6 is 0 Å². The number of hydrogen-bond acceptors (Lipinski definition) is 1. The molecule has 1 aliphatic heterocycles. The number of para-hydroxylation sites is 1. The predicted molar refractivity (Wildman–Crippen MR) is 210 cm³/mol. The maximum atomic E-state index is 6.34. The summed E-state index contributed by atoms with van der Waals surface area (Å²) in [5, 5.41) is 10.0. The van der Waals surface area contributed by atoms with Gasteiger partial charge in [0.1, 0.15) is 11.5 Å². The molecule has 0 radical (unpaired) electrons. The minimum atomic E-state index is 0.913. The molecule has 232 valence electrons. The molecule has 11 rings (SSSR count). The summed E-state index contributed by atoms with van der Waals surface area (Å²) in [5.41, 5.74) is 10.8. The molecule has 9 aromatic carbocycles. The van der Waals surface area contributed by atoms with Gasteiger partial charge in [0.2, 0.25) is 0 Å². The molecule has 0 spiro atoms.